The first-order valence-corrected chi connectivity index (χ1v) is 8.73. The van der Waals surface area contributed by atoms with Crippen molar-refractivity contribution in [3.05, 3.63) is 29.8 Å². The first-order valence-electron chi connectivity index (χ1n) is 8.73. The van der Waals surface area contributed by atoms with Crippen molar-refractivity contribution in [2.24, 2.45) is 0 Å². The van der Waals surface area contributed by atoms with Gasteiger partial charge in [0.05, 0.1) is 13.2 Å². The molecule has 138 valence electrons. The molecule has 3 N–H and O–H groups in total. The monoisotopic (exact) mass is 349 g/mol. The largest absolute Gasteiger partial charge is 0.494 e. The molecule has 0 atom stereocenters. The highest BCUT2D eigenvalue weighted by Gasteiger charge is 2.34. The number of carbonyl (C=O) groups excluding carboxylic acids is 1. The van der Waals surface area contributed by atoms with Crippen LogP contribution in [-0.2, 0) is 11.3 Å². The van der Waals surface area contributed by atoms with Gasteiger partial charge in [0.2, 0.25) is 0 Å². The Labute approximate surface area is 148 Å². The van der Waals surface area contributed by atoms with E-state index in [0.29, 0.717) is 19.7 Å². The highest BCUT2D eigenvalue weighted by molar-refractivity contribution is 5.74. The minimum absolute atomic E-state index is 0.0518. The Morgan fingerprint density at radius 2 is 2.08 bits per heavy atom. The third-order valence-corrected chi connectivity index (χ3v) is 4.37. The van der Waals surface area contributed by atoms with E-state index in [9.17, 15) is 9.59 Å². The molecule has 1 aromatic carbocycles. The average molecular weight is 349 g/mol. The van der Waals surface area contributed by atoms with Crippen LogP contribution in [0, 0.1) is 0 Å². The quantitative estimate of drug-likeness (QED) is 0.633. The molecule has 0 radical (unpaired) electrons. The molecule has 0 unspecified atom stereocenters. The Hall–Kier alpha value is -2.28. The Bertz CT molecular complexity index is 587. The van der Waals surface area contributed by atoms with Crippen LogP contribution in [0.1, 0.15) is 32.3 Å². The lowest BCUT2D eigenvalue weighted by atomic mass is 9.85. The lowest BCUT2D eigenvalue weighted by Crippen LogP contribution is -2.56. The number of aliphatic carboxylic acids is 1. The lowest BCUT2D eigenvalue weighted by molar-refractivity contribution is -0.139. The maximum Gasteiger partial charge on any atom is 0.317 e. The molecular weight excluding hydrogens is 322 g/mol. The number of rotatable bonds is 9. The number of carboxylic acids is 1. The van der Waals surface area contributed by atoms with Crippen LogP contribution >= 0.6 is 0 Å². The standard InChI is InChI=1S/C18H27N3O4/c1-3-21(12-17(22)23)15-9-14(10-15)20-18(24)19-11-13-6-5-7-16(8-13)25-4-2/h5-8,14-15H,3-4,9-12H2,1-2H3,(H,22,23)(H2,19,20,24). The van der Waals surface area contributed by atoms with Gasteiger partial charge >= 0.3 is 12.0 Å². The van der Waals surface area contributed by atoms with E-state index in [1.807, 2.05) is 43.0 Å². The normalized spacial score (nSPS) is 19.2. The van der Waals surface area contributed by atoms with Crippen molar-refractivity contribution >= 4 is 12.0 Å². The summed E-state index contributed by atoms with van der Waals surface area (Å²) in [7, 11) is 0. The van der Waals surface area contributed by atoms with Gasteiger partial charge in [0.15, 0.2) is 0 Å². The predicted molar refractivity (Wildman–Crippen MR) is 94.7 cm³/mol. The van der Waals surface area contributed by atoms with Gasteiger partial charge in [-0.2, -0.15) is 0 Å². The number of carbonyl (C=O) groups is 2. The van der Waals surface area contributed by atoms with Crippen LogP contribution in [0.2, 0.25) is 0 Å². The third kappa shape index (κ3) is 5.94. The summed E-state index contributed by atoms with van der Waals surface area (Å²) < 4.78 is 5.44. The molecule has 0 aliphatic heterocycles. The van der Waals surface area contributed by atoms with Crippen molar-refractivity contribution in [2.75, 3.05) is 19.7 Å². The topological polar surface area (TPSA) is 90.9 Å². The van der Waals surface area contributed by atoms with Gasteiger partial charge in [-0.05, 0) is 44.0 Å². The number of nitrogens with zero attached hydrogens (tertiary/aromatic N) is 1. The fourth-order valence-corrected chi connectivity index (χ4v) is 3.01. The molecule has 1 fully saturated rings. The van der Waals surface area contributed by atoms with Crippen molar-refractivity contribution in [3.8, 4) is 5.75 Å². The second-order valence-electron chi connectivity index (χ2n) is 6.19. The molecule has 7 heteroatoms. The molecule has 0 spiro atoms. The average Bonchev–Trinajstić information content (AvgIpc) is 2.54. The fourth-order valence-electron chi connectivity index (χ4n) is 3.01. The molecule has 1 aromatic rings. The number of amides is 2. The highest BCUT2D eigenvalue weighted by Crippen LogP contribution is 2.25. The zero-order valence-corrected chi connectivity index (χ0v) is 14.8. The van der Waals surface area contributed by atoms with E-state index in [-0.39, 0.29) is 24.7 Å². The van der Waals surface area contributed by atoms with Crippen molar-refractivity contribution < 1.29 is 19.4 Å². The first-order chi connectivity index (χ1) is 12.0. The van der Waals surface area contributed by atoms with Gasteiger partial charge in [-0.15, -0.1) is 0 Å². The third-order valence-electron chi connectivity index (χ3n) is 4.37. The van der Waals surface area contributed by atoms with Gasteiger partial charge in [0, 0.05) is 18.6 Å². The second kappa shape index (κ2) is 9.27. The van der Waals surface area contributed by atoms with Crippen molar-refractivity contribution in [1.29, 1.82) is 0 Å². The Balaban J connectivity index is 1.70. The van der Waals surface area contributed by atoms with E-state index >= 15 is 0 Å². The molecule has 1 saturated carbocycles. The molecule has 0 bridgehead atoms. The molecule has 2 amide bonds. The fraction of sp³-hybridized carbons (Fsp3) is 0.556. The maximum atomic E-state index is 12.0. The van der Waals surface area contributed by atoms with Crippen molar-refractivity contribution in [1.82, 2.24) is 15.5 Å². The number of nitrogens with one attached hydrogen (secondary N) is 2. The van der Waals surface area contributed by atoms with Gasteiger partial charge in [-0.25, -0.2) is 4.79 Å². The SMILES string of the molecule is CCOc1cccc(CNC(=O)NC2CC(N(CC)CC(=O)O)C2)c1. The van der Waals surface area contributed by atoms with Crippen LogP contribution < -0.4 is 15.4 Å². The summed E-state index contributed by atoms with van der Waals surface area (Å²) in [5.74, 6) is -0.0209. The predicted octanol–water partition coefficient (Wildman–Crippen LogP) is 1.82. The molecule has 25 heavy (non-hydrogen) atoms. The Kier molecular flexibility index (Phi) is 7.06. The van der Waals surface area contributed by atoms with E-state index in [2.05, 4.69) is 10.6 Å². The molecule has 1 aliphatic carbocycles. The number of likely N-dealkylation sites (N-methyl/N-ethyl adjacent to an activating group) is 1. The summed E-state index contributed by atoms with van der Waals surface area (Å²) in [6.07, 6.45) is 1.57. The van der Waals surface area contributed by atoms with E-state index in [0.717, 1.165) is 24.2 Å². The van der Waals surface area contributed by atoms with Gasteiger partial charge < -0.3 is 20.5 Å². The molecular formula is C18H27N3O4. The summed E-state index contributed by atoms with van der Waals surface area (Å²) in [6, 6.07) is 7.76. The van der Waals surface area contributed by atoms with Crippen LogP contribution in [0.15, 0.2) is 24.3 Å². The summed E-state index contributed by atoms with van der Waals surface area (Å²) in [6.45, 7) is 5.68. The smallest absolute Gasteiger partial charge is 0.317 e. The van der Waals surface area contributed by atoms with Crippen LogP contribution in [-0.4, -0.2) is 53.8 Å². The highest BCUT2D eigenvalue weighted by atomic mass is 16.5. The summed E-state index contributed by atoms with van der Waals surface area (Å²) >= 11 is 0. The zero-order chi connectivity index (χ0) is 18.2. The van der Waals surface area contributed by atoms with Crippen molar-refractivity contribution in [2.45, 2.75) is 45.3 Å². The van der Waals surface area contributed by atoms with Crippen molar-refractivity contribution in [3.63, 3.8) is 0 Å². The van der Waals surface area contributed by atoms with Gasteiger partial charge in [-0.1, -0.05) is 19.1 Å². The number of hydrogen-bond acceptors (Lipinski definition) is 4. The van der Waals surface area contributed by atoms with Crippen LogP contribution in [0.3, 0.4) is 0 Å². The molecule has 0 saturated heterocycles. The summed E-state index contributed by atoms with van der Waals surface area (Å²) in [5.41, 5.74) is 0.978. The summed E-state index contributed by atoms with van der Waals surface area (Å²) in [4.78, 5) is 24.7. The van der Waals surface area contributed by atoms with E-state index in [1.165, 1.54) is 0 Å². The second-order valence-corrected chi connectivity index (χ2v) is 6.19. The van der Waals surface area contributed by atoms with Crippen LogP contribution in [0.5, 0.6) is 5.75 Å². The number of hydrogen-bond donors (Lipinski definition) is 3. The molecule has 7 nitrogen and oxygen atoms in total. The molecule has 0 aromatic heterocycles. The first kappa shape index (κ1) is 19.1. The molecule has 2 rings (SSSR count). The number of ether oxygens (including phenoxy) is 1. The van der Waals surface area contributed by atoms with Gasteiger partial charge in [0.25, 0.3) is 0 Å². The van der Waals surface area contributed by atoms with E-state index in [1.54, 1.807) is 0 Å². The van der Waals surface area contributed by atoms with Gasteiger partial charge in [0.1, 0.15) is 5.75 Å². The number of carboxylic acid groups (broad SMARTS) is 1. The summed E-state index contributed by atoms with van der Waals surface area (Å²) in [5, 5.41) is 14.7. The minimum atomic E-state index is -0.815. The maximum absolute atomic E-state index is 12.0. The Morgan fingerprint density at radius 3 is 2.72 bits per heavy atom. The van der Waals surface area contributed by atoms with Crippen LogP contribution in [0.4, 0.5) is 4.79 Å². The number of urea groups is 1. The Morgan fingerprint density at radius 1 is 1.32 bits per heavy atom. The number of benzene rings is 1. The van der Waals surface area contributed by atoms with Crippen LogP contribution in [0.25, 0.3) is 0 Å². The van der Waals surface area contributed by atoms with Gasteiger partial charge in [-0.3, -0.25) is 9.69 Å². The van der Waals surface area contributed by atoms with E-state index < -0.39 is 5.97 Å². The zero-order valence-electron chi connectivity index (χ0n) is 14.8. The minimum Gasteiger partial charge on any atom is -0.494 e. The van der Waals surface area contributed by atoms with E-state index in [4.69, 9.17) is 9.84 Å². The molecule has 0 heterocycles. The lowest BCUT2D eigenvalue weighted by Gasteiger charge is -2.42. The molecule has 1 aliphatic rings.